The van der Waals surface area contributed by atoms with Crippen LogP contribution in [0.3, 0.4) is 0 Å². The molecule has 3 aromatic rings. The summed E-state index contributed by atoms with van der Waals surface area (Å²) >= 11 is 0. The summed E-state index contributed by atoms with van der Waals surface area (Å²) in [6.45, 7) is 8.79. The number of hydrogen-bond acceptors (Lipinski definition) is 2. The van der Waals surface area contributed by atoms with E-state index in [0.717, 1.165) is 17.9 Å². The maximum Gasteiger partial charge on any atom is 0.309 e. The normalized spacial score (nSPS) is 29.4. The van der Waals surface area contributed by atoms with Crippen LogP contribution in [0, 0.1) is 36.5 Å². The second-order valence-electron chi connectivity index (χ2n) is 9.61. The second-order valence-corrected chi connectivity index (χ2v) is 9.61. The van der Waals surface area contributed by atoms with Crippen LogP contribution in [0.25, 0.3) is 21.5 Å². The first-order valence-electron chi connectivity index (χ1n) is 11.1. The van der Waals surface area contributed by atoms with Gasteiger partial charge >= 0.3 is 5.97 Å². The summed E-state index contributed by atoms with van der Waals surface area (Å²) in [5.41, 5.74) is 2.34. The third-order valence-electron chi connectivity index (χ3n) is 7.94. The van der Waals surface area contributed by atoms with Crippen molar-refractivity contribution in [1.82, 2.24) is 0 Å². The molecule has 5 rings (SSSR count). The van der Waals surface area contributed by atoms with Gasteiger partial charge < -0.3 is 4.74 Å². The van der Waals surface area contributed by atoms with Crippen LogP contribution in [-0.4, -0.2) is 5.97 Å². The third kappa shape index (κ3) is 3.13. The second kappa shape index (κ2) is 6.86. The average molecular weight is 387 g/mol. The van der Waals surface area contributed by atoms with E-state index in [2.05, 4.69) is 69.3 Å². The molecule has 0 saturated heterocycles. The average Bonchev–Trinajstić information content (AvgIpc) is 3.26. The van der Waals surface area contributed by atoms with Gasteiger partial charge in [0.05, 0.1) is 5.92 Å². The predicted molar refractivity (Wildman–Crippen MR) is 119 cm³/mol. The van der Waals surface area contributed by atoms with E-state index in [0.29, 0.717) is 17.8 Å². The molecule has 0 heterocycles. The minimum Gasteiger partial charge on any atom is -0.458 e. The zero-order chi connectivity index (χ0) is 20.3. The molecule has 2 aliphatic carbocycles. The highest BCUT2D eigenvalue weighted by atomic mass is 16.5. The molecule has 0 N–H and O–H groups in total. The summed E-state index contributed by atoms with van der Waals surface area (Å²) in [5, 5.41) is 4.93. The maximum atomic E-state index is 12.9. The summed E-state index contributed by atoms with van der Waals surface area (Å²) in [4.78, 5) is 12.9. The summed E-state index contributed by atoms with van der Waals surface area (Å²) < 4.78 is 5.97. The van der Waals surface area contributed by atoms with Crippen LogP contribution in [0.15, 0.2) is 48.5 Å². The minimum atomic E-state index is -0.216. The summed E-state index contributed by atoms with van der Waals surface area (Å²) in [6.07, 6.45) is 2.01. The fourth-order valence-corrected chi connectivity index (χ4v) is 5.93. The molecule has 6 atom stereocenters. The molecule has 0 aliphatic heterocycles. The number of fused-ring (bicyclic) bond motifs is 4. The molecule has 6 unspecified atom stereocenters. The lowest BCUT2D eigenvalue weighted by Crippen LogP contribution is -2.31. The molecule has 0 amide bonds. The first kappa shape index (κ1) is 18.7. The molecule has 0 spiro atoms. The minimum absolute atomic E-state index is 0.0120. The van der Waals surface area contributed by atoms with Gasteiger partial charge in [0.2, 0.25) is 0 Å². The molecule has 2 aliphatic rings. The van der Waals surface area contributed by atoms with Crippen molar-refractivity contribution >= 4 is 27.5 Å². The van der Waals surface area contributed by atoms with E-state index >= 15 is 0 Å². The van der Waals surface area contributed by atoms with Crippen molar-refractivity contribution in [2.75, 3.05) is 0 Å². The van der Waals surface area contributed by atoms with Gasteiger partial charge in [-0.1, -0.05) is 49.7 Å². The van der Waals surface area contributed by atoms with Gasteiger partial charge in [-0.2, -0.15) is 0 Å². The number of ether oxygens (including phenoxy) is 1. The first-order chi connectivity index (χ1) is 13.9. The Bertz CT molecular complexity index is 1100. The molecule has 150 valence electrons. The number of carbonyl (C=O) groups is 1. The molecule has 29 heavy (non-hydrogen) atoms. The number of hydrogen-bond donors (Lipinski definition) is 0. The van der Waals surface area contributed by atoms with E-state index in [1.807, 2.05) is 6.92 Å². The van der Waals surface area contributed by atoms with Gasteiger partial charge in [-0.3, -0.25) is 4.79 Å². The van der Waals surface area contributed by atoms with Gasteiger partial charge in [-0.15, -0.1) is 0 Å². The standard InChI is InChI=1S/C27H30O2/c1-15-5-6-20-11-21-8-7-19(10-24(21)12-23(20)9-15)18(4)29-27(28)26-14-22-13-25(26)17(3)16(22)2/h5-12,16-18,22,25-26H,13-14H2,1-4H3. The van der Waals surface area contributed by atoms with Crippen LogP contribution in [-0.2, 0) is 9.53 Å². The summed E-state index contributed by atoms with van der Waals surface area (Å²) in [5.74, 6) is 2.72. The molecule has 2 bridgehead atoms. The van der Waals surface area contributed by atoms with Crippen LogP contribution in [0.5, 0.6) is 0 Å². The van der Waals surface area contributed by atoms with Crippen molar-refractivity contribution in [2.45, 2.75) is 46.6 Å². The molecule has 3 aromatic carbocycles. The zero-order valence-electron chi connectivity index (χ0n) is 17.8. The van der Waals surface area contributed by atoms with Crippen LogP contribution in [0.4, 0.5) is 0 Å². The Kier molecular flexibility index (Phi) is 4.42. The van der Waals surface area contributed by atoms with E-state index < -0.39 is 0 Å². The third-order valence-corrected chi connectivity index (χ3v) is 7.94. The Morgan fingerprint density at radius 3 is 2.31 bits per heavy atom. The van der Waals surface area contributed by atoms with Crippen molar-refractivity contribution in [2.24, 2.45) is 29.6 Å². The van der Waals surface area contributed by atoms with Crippen LogP contribution in [0.1, 0.15) is 50.8 Å². The van der Waals surface area contributed by atoms with Gasteiger partial charge in [0, 0.05) is 0 Å². The molecular weight excluding hydrogens is 356 g/mol. The van der Waals surface area contributed by atoms with Crippen LogP contribution < -0.4 is 0 Å². The van der Waals surface area contributed by atoms with Crippen molar-refractivity contribution in [3.8, 4) is 0 Å². The predicted octanol–water partition coefficient (Wildman–Crippen LogP) is 6.83. The number of benzene rings is 3. The van der Waals surface area contributed by atoms with Crippen molar-refractivity contribution in [1.29, 1.82) is 0 Å². The quantitative estimate of drug-likeness (QED) is 0.364. The van der Waals surface area contributed by atoms with E-state index in [4.69, 9.17) is 4.74 Å². The highest BCUT2D eigenvalue weighted by molar-refractivity contribution is 5.98. The molecule has 2 heteroatoms. The molecular formula is C27H30O2. The van der Waals surface area contributed by atoms with Gasteiger partial charge in [-0.05, 0) is 95.7 Å². The lowest BCUT2D eigenvalue weighted by atomic mass is 9.76. The smallest absolute Gasteiger partial charge is 0.309 e. The number of rotatable bonds is 3. The Hall–Kier alpha value is -2.35. The number of aryl methyl sites for hydroxylation is 1. The summed E-state index contributed by atoms with van der Waals surface area (Å²) in [7, 11) is 0. The van der Waals surface area contributed by atoms with Gasteiger partial charge in [0.25, 0.3) is 0 Å². The highest BCUT2D eigenvalue weighted by Crippen LogP contribution is 2.55. The van der Waals surface area contributed by atoms with Gasteiger partial charge in [0.1, 0.15) is 6.10 Å². The lowest BCUT2D eigenvalue weighted by molar-refractivity contribution is -0.156. The van der Waals surface area contributed by atoms with Crippen molar-refractivity contribution in [3.05, 3.63) is 59.7 Å². The first-order valence-corrected chi connectivity index (χ1v) is 11.1. The number of carbonyl (C=O) groups excluding carboxylic acids is 1. The van der Waals surface area contributed by atoms with Crippen LogP contribution in [0.2, 0.25) is 0 Å². The fraction of sp³-hybridized carbons (Fsp3) is 0.444. The monoisotopic (exact) mass is 386 g/mol. The van der Waals surface area contributed by atoms with Crippen LogP contribution >= 0.6 is 0 Å². The van der Waals surface area contributed by atoms with E-state index in [1.165, 1.54) is 33.5 Å². The fourth-order valence-electron chi connectivity index (χ4n) is 5.93. The topological polar surface area (TPSA) is 26.3 Å². The highest BCUT2D eigenvalue weighted by Gasteiger charge is 2.51. The molecule has 0 radical (unpaired) electrons. The van der Waals surface area contributed by atoms with E-state index in [1.54, 1.807) is 0 Å². The molecule has 2 saturated carbocycles. The Labute approximate surface area is 173 Å². The summed E-state index contributed by atoms with van der Waals surface area (Å²) in [6, 6.07) is 17.5. The largest absolute Gasteiger partial charge is 0.458 e. The Morgan fingerprint density at radius 1 is 0.897 bits per heavy atom. The van der Waals surface area contributed by atoms with E-state index in [9.17, 15) is 4.79 Å². The lowest BCUT2D eigenvalue weighted by Gasteiger charge is -2.31. The van der Waals surface area contributed by atoms with Gasteiger partial charge in [0.15, 0.2) is 0 Å². The Morgan fingerprint density at radius 2 is 1.59 bits per heavy atom. The Balaban J connectivity index is 1.37. The van der Waals surface area contributed by atoms with Crippen molar-refractivity contribution < 1.29 is 9.53 Å². The molecule has 2 nitrogen and oxygen atoms in total. The number of esters is 1. The van der Waals surface area contributed by atoms with Crippen molar-refractivity contribution in [3.63, 3.8) is 0 Å². The van der Waals surface area contributed by atoms with Gasteiger partial charge in [-0.25, -0.2) is 0 Å². The maximum absolute atomic E-state index is 12.9. The molecule has 0 aromatic heterocycles. The SMILES string of the molecule is Cc1ccc2cc3ccc(C(C)OC(=O)C4CC5CC4C(C)C5C)cc3cc2c1. The molecule has 2 fully saturated rings. The zero-order valence-corrected chi connectivity index (χ0v) is 17.8. The van der Waals surface area contributed by atoms with E-state index in [-0.39, 0.29) is 18.0 Å².